The minimum atomic E-state index is -0.0192. The molecule has 0 radical (unpaired) electrons. The van der Waals surface area contributed by atoms with E-state index in [9.17, 15) is 4.79 Å². The van der Waals surface area contributed by atoms with Crippen molar-refractivity contribution in [2.45, 2.75) is 57.3 Å². The molecule has 0 fully saturated rings. The highest BCUT2D eigenvalue weighted by atomic mass is 32.2. The summed E-state index contributed by atoms with van der Waals surface area (Å²) in [6.45, 7) is 4.83. The lowest BCUT2D eigenvalue weighted by Crippen LogP contribution is -2.28. The van der Waals surface area contributed by atoms with Crippen molar-refractivity contribution in [2.24, 2.45) is 0 Å². The van der Waals surface area contributed by atoms with Gasteiger partial charge in [0.1, 0.15) is 5.75 Å². The van der Waals surface area contributed by atoms with E-state index in [4.69, 9.17) is 4.74 Å². The normalized spacial score (nSPS) is 14.0. The van der Waals surface area contributed by atoms with Crippen molar-refractivity contribution in [1.82, 2.24) is 20.1 Å². The van der Waals surface area contributed by atoms with Crippen LogP contribution in [0.4, 0.5) is 0 Å². The highest BCUT2D eigenvalue weighted by Crippen LogP contribution is 2.27. The van der Waals surface area contributed by atoms with Crippen molar-refractivity contribution in [3.8, 4) is 17.1 Å². The smallest absolute Gasteiger partial charge is 0.230 e. The SMILES string of the molecule is CCn1c(SCC(=O)N[C@H](C)c2ccc3c(c2)CCCC3)nnc1-c1ccc(OC)cc1. The van der Waals surface area contributed by atoms with Gasteiger partial charge in [-0.05, 0) is 80.5 Å². The lowest BCUT2D eigenvalue weighted by molar-refractivity contribution is -0.119. The summed E-state index contributed by atoms with van der Waals surface area (Å²) < 4.78 is 7.27. The Kier molecular flexibility index (Phi) is 7.15. The van der Waals surface area contributed by atoms with Gasteiger partial charge in [0, 0.05) is 12.1 Å². The Bertz CT molecular complexity index is 1080. The lowest BCUT2D eigenvalue weighted by atomic mass is 9.89. The van der Waals surface area contributed by atoms with Crippen LogP contribution in [0, 0.1) is 0 Å². The van der Waals surface area contributed by atoms with Gasteiger partial charge in [-0.3, -0.25) is 4.79 Å². The zero-order valence-corrected chi connectivity index (χ0v) is 19.7. The third-order valence-corrected chi connectivity index (χ3v) is 6.93. The fourth-order valence-corrected chi connectivity index (χ4v) is 4.97. The van der Waals surface area contributed by atoms with E-state index in [-0.39, 0.29) is 11.9 Å². The number of aryl methyl sites for hydroxylation is 2. The van der Waals surface area contributed by atoms with Gasteiger partial charge in [-0.25, -0.2) is 0 Å². The molecule has 0 bridgehead atoms. The van der Waals surface area contributed by atoms with Gasteiger partial charge in [-0.2, -0.15) is 0 Å². The first-order chi connectivity index (χ1) is 15.6. The Labute approximate surface area is 193 Å². The average Bonchev–Trinajstić information content (AvgIpc) is 3.25. The van der Waals surface area contributed by atoms with Crippen molar-refractivity contribution in [3.05, 3.63) is 59.2 Å². The maximum atomic E-state index is 12.6. The molecule has 0 unspecified atom stereocenters. The van der Waals surface area contributed by atoms with Crippen molar-refractivity contribution in [3.63, 3.8) is 0 Å². The van der Waals surface area contributed by atoms with Crippen LogP contribution in [0.25, 0.3) is 11.4 Å². The van der Waals surface area contributed by atoms with E-state index < -0.39 is 0 Å². The number of thioether (sulfide) groups is 1. The monoisotopic (exact) mass is 450 g/mol. The third-order valence-electron chi connectivity index (χ3n) is 5.96. The van der Waals surface area contributed by atoms with Crippen LogP contribution in [0.5, 0.6) is 5.75 Å². The second-order valence-electron chi connectivity index (χ2n) is 8.09. The Morgan fingerprint density at radius 3 is 2.59 bits per heavy atom. The topological polar surface area (TPSA) is 69.0 Å². The summed E-state index contributed by atoms with van der Waals surface area (Å²) >= 11 is 1.42. The number of nitrogens with zero attached hydrogens (tertiary/aromatic N) is 3. The molecule has 3 aromatic rings. The predicted octanol–water partition coefficient (Wildman–Crippen LogP) is 4.82. The molecule has 0 saturated carbocycles. The molecule has 0 saturated heterocycles. The van der Waals surface area contributed by atoms with Crippen molar-refractivity contribution in [1.29, 1.82) is 0 Å². The highest BCUT2D eigenvalue weighted by molar-refractivity contribution is 7.99. The molecule has 2 aromatic carbocycles. The number of rotatable bonds is 8. The van der Waals surface area contributed by atoms with E-state index in [2.05, 4.69) is 40.6 Å². The molecule has 4 rings (SSSR count). The minimum Gasteiger partial charge on any atom is -0.497 e. The van der Waals surface area contributed by atoms with Gasteiger partial charge in [0.05, 0.1) is 18.9 Å². The number of ether oxygens (including phenoxy) is 1. The molecule has 0 aliphatic heterocycles. The summed E-state index contributed by atoms with van der Waals surface area (Å²) in [5.41, 5.74) is 5.03. The first-order valence-corrected chi connectivity index (χ1v) is 12.2. The summed E-state index contributed by atoms with van der Waals surface area (Å²) in [5.74, 6) is 1.89. The fourth-order valence-electron chi connectivity index (χ4n) is 4.15. The first-order valence-electron chi connectivity index (χ1n) is 11.2. The van der Waals surface area contributed by atoms with Gasteiger partial charge in [0.25, 0.3) is 0 Å². The standard InChI is InChI=1S/C25H30N4O2S/c1-4-29-24(19-11-13-22(31-3)14-12-19)27-28-25(29)32-16-23(30)26-17(2)20-10-9-18-7-5-6-8-21(18)15-20/h9-15,17H,4-8,16H2,1-3H3,(H,26,30)/t17-/m1/s1. The predicted molar refractivity (Wildman–Crippen MR) is 128 cm³/mol. The second kappa shape index (κ2) is 10.2. The quantitative estimate of drug-likeness (QED) is 0.498. The molecule has 1 amide bonds. The molecule has 168 valence electrons. The van der Waals surface area contributed by atoms with E-state index in [0.717, 1.165) is 35.3 Å². The number of carbonyl (C=O) groups excluding carboxylic acids is 1. The van der Waals surface area contributed by atoms with Gasteiger partial charge in [-0.15, -0.1) is 10.2 Å². The Morgan fingerprint density at radius 1 is 1.12 bits per heavy atom. The zero-order valence-electron chi connectivity index (χ0n) is 18.9. The Balaban J connectivity index is 1.38. The van der Waals surface area contributed by atoms with Crippen LogP contribution >= 0.6 is 11.8 Å². The number of benzene rings is 2. The number of methoxy groups -OCH3 is 1. The molecule has 32 heavy (non-hydrogen) atoms. The Hall–Kier alpha value is -2.80. The van der Waals surface area contributed by atoms with Gasteiger partial charge in [0.15, 0.2) is 11.0 Å². The number of hydrogen-bond acceptors (Lipinski definition) is 5. The van der Waals surface area contributed by atoms with Gasteiger partial charge < -0.3 is 14.6 Å². The van der Waals surface area contributed by atoms with Crippen molar-refractivity contribution < 1.29 is 9.53 Å². The molecule has 1 N–H and O–H groups in total. The largest absolute Gasteiger partial charge is 0.497 e. The molecular formula is C25H30N4O2S. The number of hydrogen-bond donors (Lipinski definition) is 1. The molecule has 1 atom stereocenters. The summed E-state index contributed by atoms with van der Waals surface area (Å²) in [4.78, 5) is 12.6. The van der Waals surface area contributed by atoms with Crippen LogP contribution in [0.3, 0.4) is 0 Å². The van der Waals surface area contributed by atoms with Crippen LogP contribution in [0.1, 0.15) is 49.4 Å². The molecule has 1 aliphatic rings. The molecule has 7 heteroatoms. The first kappa shape index (κ1) is 22.4. The minimum absolute atomic E-state index is 0.00290. The maximum absolute atomic E-state index is 12.6. The summed E-state index contributed by atoms with van der Waals surface area (Å²) in [7, 11) is 1.65. The molecule has 6 nitrogen and oxygen atoms in total. The van der Waals surface area contributed by atoms with Crippen LogP contribution in [0.2, 0.25) is 0 Å². The maximum Gasteiger partial charge on any atom is 0.230 e. The molecule has 1 heterocycles. The molecule has 1 aliphatic carbocycles. The third kappa shape index (κ3) is 4.99. The summed E-state index contributed by atoms with van der Waals surface area (Å²) in [6, 6.07) is 14.4. The Morgan fingerprint density at radius 2 is 1.88 bits per heavy atom. The summed E-state index contributed by atoms with van der Waals surface area (Å²) in [5, 5.41) is 12.6. The van der Waals surface area contributed by atoms with E-state index in [1.54, 1.807) is 7.11 Å². The van der Waals surface area contributed by atoms with E-state index in [1.807, 2.05) is 35.8 Å². The van der Waals surface area contributed by atoms with Crippen molar-refractivity contribution in [2.75, 3.05) is 12.9 Å². The van der Waals surface area contributed by atoms with Crippen LogP contribution in [-0.2, 0) is 24.2 Å². The van der Waals surface area contributed by atoms with E-state index >= 15 is 0 Å². The number of amides is 1. The van der Waals surface area contributed by atoms with Crippen LogP contribution < -0.4 is 10.1 Å². The zero-order chi connectivity index (χ0) is 22.5. The number of nitrogens with one attached hydrogen (secondary N) is 1. The fraction of sp³-hybridized carbons (Fsp3) is 0.400. The number of carbonyl (C=O) groups is 1. The average molecular weight is 451 g/mol. The summed E-state index contributed by atoms with van der Waals surface area (Å²) in [6.07, 6.45) is 4.84. The van der Waals surface area contributed by atoms with Crippen LogP contribution in [0.15, 0.2) is 47.6 Å². The highest BCUT2D eigenvalue weighted by Gasteiger charge is 2.17. The number of fused-ring (bicyclic) bond motifs is 1. The second-order valence-corrected chi connectivity index (χ2v) is 9.03. The molecule has 0 spiro atoms. The van der Waals surface area contributed by atoms with E-state index in [0.29, 0.717) is 5.75 Å². The van der Waals surface area contributed by atoms with Gasteiger partial charge in [0.2, 0.25) is 5.91 Å². The van der Waals surface area contributed by atoms with E-state index in [1.165, 1.54) is 47.7 Å². The van der Waals surface area contributed by atoms with Gasteiger partial charge in [-0.1, -0.05) is 30.0 Å². The molecular weight excluding hydrogens is 420 g/mol. The number of aromatic nitrogens is 3. The van der Waals surface area contributed by atoms with Crippen LogP contribution in [-0.4, -0.2) is 33.5 Å². The molecule has 1 aromatic heterocycles. The lowest BCUT2D eigenvalue weighted by Gasteiger charge is -2.20. The van der Waals surface area contributed by atoms with Gasteiger partial charge >= 0.3 is 0 Å². The van der Waals surface area contributed by atoms with Crippen molar-refractivity contribution >= 4 is 17.7 Å².